The third-order valence-corrected chi connectivity index (χ3v) is 4.93. The van der Waals surface area contributed by atoms with Gasteiger partial charge in [0.2, 0.25) is 0 Å². The predicted molar refractivity (Wildman–Crippen MR) is 101 cm³/mol. The Morgan fingerprint density at radius 3 is 2.56 bits per heavy atom. The van der Waals surface area contributed by atoms with Gasteiger partial charge in [0, 0.05) is 47.7 Å². The largest absolute Gasteiger partial charge is 0.506 e. The fraction of sp³-hybridized carbons (Fsp3) is 0.211. The Bertz CT molecular complexity index is 803. The fourth-order valence-corrected chi connectivity index (χ4v) is 3.28. The summed E-state index contributed by atoms with van der Waals surface area (Å²) in [6.45, 7) is 1.19. The number of likely N-dealkylation sites (tertiary alicyclic amines) is 1. The maximum atomic E-state index is 12.8. The lowest BCUT2D eigenvalue weighted by Crippen LogP contribution is -2.30. The molecule has 1 aliphatic heterocycles. The van der Waals surface area contributed by atoms with Gasteiger partial charge in [0.05, 0.1) is 5.57 Å². The van der Waals surface area contributed by atoms with Crippen molar-refractivity contribution in [2.75, 3.05) is 13.1 Å². The van der Waals surface area contributed by atoms with E-state index in [9.17, 15) is 9.90 Å². The van der Waals surface area contributed by atoms with Crippen LogP contribution in [-0.4, -0.2) is 40.2 Å². The SMILES string of the molecule is N=C/C(C(=O)N1CCC(c2ccncc2)C1)=C(\O)c1ccc(Br)cc1. The zero-order valence-electron chi connectivity index (χ0n) is 13.5. The summed E-state index contributed by atoms with van der Waals surface area (Å²) in [7, 11) is 0. The molecule has 1 fully saturated rings. The van der Waals surface area contributed by atoms with Crippen LogP contribution in [0.15, 0.2) is 58.8 Å². The van der Waals surface area contributed by atoms with Crippen LogP contribution in [0.1, 0.15) is 23.5 Å². The molecule has 0 saturated carbocycles. The number of aromatic nitrogens is 1. The van der Waals surface area contributed by atoms with Crippen molar-refractivity contribution in [3.8, 4) is 0 Å². The molecule has 3 rings (SSSR count). The third-order valence-electron chi connectivity index (χ3n) is 4.40. The summed E-state index contributed by atoms with van der Waals surface area (Å²) in [6, 6.07) is 10.9. The molecular formula is C19H18BrN3O2. The monoisotopic (exact) mass is 399 g/mol. The van der Waals surface area contributed by atoms with Crippen LogP contribution in [0.3, 0.4) is 0 Å². The predicted octanol–water partition coefficient (Wildman–Crippen LogP) is 3.78. The molecule has 0 radical (unpaired) electrons. The van der Waals surface area contributed by atoms with Crippen molar-refractivity contribution in [3.63, 3.8) is 0 Å². The normalized spacial score (nSPS) is 18.0. The first-order chi connectivity index (χ1) is 12.1. The maximum absolute atomic E-state index is 12.8. The number of hydrogen-bond donors (Lipinski definition) is 2. The Morgan fingerprint density at radius 1 is 1.24 bits per heavy atom. The first kappa shape index (κ1) is 17.4. The Labute approximate surface area is 154 Å². The van der Waals surface area contributed by atoms with Crippen LogP contribution in [0, 0.1) is 5.41 Å². The molecule has 0 spiro atoms. The topological polar surface area (TPSA) is 77.3 Å². The second kappa shape index (κ2) is 7.61. The third kappa shape index (κ3) is 3.79. The summed E-state index contributed by atoms with van der Waals surface area (Å²) in [4.78, 5) is 18.5. The lowest BCUT2D eigenvalue weighted by atomic mass is 10.00. The van der Waals surface area contributed by atoms with Gasteiger partial charge in [0.1, 0.15) is 5.76 Å². The highest BCUT2D eigenvalue weighted by Gasteiger charge is 2.30. The molecule has 128 valence electrons. The molecule has 1 saturated heterocycles. The lowest BCUT2D eigenvalue weighted by Gasteiger charge is -2.18. The highest BCUT2D eigenvalue weighted by atomic mass is 79.9. The van der Waals surface area contributed by atoms with E-state index in [0.717, 1.165) is 22.7 Å². The Hall–Kier alpha value is -2.47. The van der Waals surface area contributed by atoms with E-state index in [2.05, 4.69) is 20.9 Å². The minimum Gasteiger partial charge on any atom is -0.506 e. The highest BCUT2D eigenvalue weighted by molar-refractivity contribution is 9.10. The first-order valence-electron chi connectivity index (χ1n) is 7.99. The molecule has 2 N–H and O–H groups in total. The van der Waals surface area contributed by atoms with E-state index in [-0.39, 0.29) is 23.2 Å². The number of nitrogens with zero attached hydrogens (tertiary/aromatic N) is 2. The van der Waals surface area contributed by atoms with Gasteiger partial charge in [-0.2, -0.15) is 0 Å². The van der Waals surface area contributed by atoms with Crippen LogP contribution in [-0.2, 0) is 4.79 Å². The van der Waals surface area contributed by atoms with Crippen LogP contribution in [0.25, 0.3) is 5.76 Å². The molecule has 1 amide bonds. The van der Waals surface area contributed by atoms with E-state index in [4.69, 9.17) is 5.41 Å². The zero-order chi connectivity index (χ0) is 17.8. The maximum Gasteiger partial charge on any atom is 0.259 e. The summed E-state index contributed by atoms with van der Waals surface area (Å²) in [5.41, 5.74) is 1.68. The number of nitrogens with one attached hydrogen (secondary N) is 1. The average molecular weight is 400 g/mol. The summed E-state index contributed by atoms with van der Waals surface area (Å²) in [6.07, 6.45) is 5.30. The van der Waals surface area contributed by atoms with Gasteiger partial charge in [-0.3, -0.25) is 9.78 Å². The van der Waals surface area contributed by atoms with Gasteiger partial charge < -0.3 is 15.4 Å². The number of pyridine rings is 1. The van der Waals surface area contributed by atoms with Gasteiger partial charge in [-0.25, -0.2) is 0 Å². The van der Waals surface area contributed by atoms with Crippen molar-refractivity contribution in [3.05, 3.63) is 70.0 Å². The number of rotatable bonds is 4. The standard InChI is InChI=1S/C19H18BrN3O2/c20-16-3-1-14(2-4-16)18(24)17(11-21)19(25)23-10-7-15(12-23)13-5-8-22-9-6-13/h1-6,8-9,11,15,21,24H,7,10,12H2/b18-17+,21-11?. The molecule has 1 aromatic carbocycles. The van der Waals surface area contributed by atoms with Crippen molar-refractivity contribution in [2.45, 2.75) is 12.3 Å². The molecule has 6 heteroatoms. The fourth-order valence-electron chi connectivity index (χ4n) is 3.02. The van der Waals surface area contributed by atoms with Gasteiger partial charge in [-0.15, -0.1) is 0 Å². The number of benzene rings is 1. The number of carbonyl (C=O) groups is 1. The van der Waals surface area contributed by atoms with E-state index in [1.807, 2.05) is 12.1 Å². The van der Waals surface area contributed by atoms with Crippen molar-refractivity contribution in [1.82, 2.24) is 9.88 Å². The molecule has 1 aliphatic rings. The van der Waals surface area contributed by atoms with Crippen molar-refractivity contribution < 1.29 is 9.90 Å². The van der Waals surface area contributed by atoms with Crippen LogP contribution < -0.4 is 0 Å². The second-order valence-corrected chi connectivity index (χ2v) is 6.85. The van der Waals surface area contributed by atoms with Crippen LogP contribution in [0.2, 0.25) is 0 Å². The van der Waals surface area contributed by atoms with Crippen LogP contribution >= 0.6 is 15.9 Å². The molecule has 2 heterocycles. The van der Waals surface area contributed by atoms with E-state index in [1.54, 1.807) is 41.6 Å². The smallest absolute Gasteiger partial charge is 0.259 e. The van der Waals surface area contributed by atoms with E-state index in [1.165, 1.54) is 0 Å². The molecular weight excluding hydrogens is 382 g/mol. The average Bonchev–Trinajstić information content (AvgIpc) is 3.13. The number of carbonyl (C=O) groups excluding carboxylic acids is 1. The van der Waals surface area contributed by atoms with E-state index < -0.39 is 0 Å². The lowest BCUT2D eigenvalue weighted by molar-refractivity contribution is -0.125. The molecule has 0 bridgehead atoms. The van der Waals surface area contributed by atoms with Crippen molar-refractivity contribution in [1.29, 1.82) is 5.41 Å². The summed E-state index contributed by atoms with van der Waals surface area (Å²) in [5, 5.41) is 18.0. The molecule has 2 aromatic rings. The van der Waals surface area contributed by atoms with Gasteiger partial charge in [-0.1, -0.05) is 28.1 Å². The van der Waals surface area contributed by atoms with E-state index in [0.29, 0.717) is 18.7 Å². The Kier molecular flexibility index (Phi) is 5.28. The van der Waals surface area contributed by atoms with Gasteiger partial charge >= 0.3 is 0 Å². The van der Waals surface area contributed by atoms with Crippen LogP contribution in [0.5, 0.6) is 0 Å². The minimum absolute atomic E-state index is 0.0118. The van der Waals surface area contributed by atoms with Gasteiger partial charge in [0.25, 0.3) is 5.91 Å². The summed E-state index contributed by atoms with van der Waals surface area (Å²) >= 11 is 3.34. The van der Waals surface area contributed by atoms with E-state index >= 15 is 0 Å². The van der Waals surface area contributed by atoms with Gasteiger partial charge in [0.15, 0.2) is 0 Å². The zero-order valence-corrected chi connectivity index (χ0v) is 15.1. The molecule has 0 aliphatic carbocycles. The van der Waals surface area contributed by atoms with Crippen molar-refractivity contribution in [2.24, 2.45) is 0 Å². The molecule has 25 heavy (non-hydrogen) atoms. The quantitative estimate of drug-likeness (QED) is 0.466. The Balaban J connectivity index is 1.80. The first-order valence-corrected chi connectivity index (χ1v) is 8.78. The number of hydrogen-bond acceptors (Lipinski definition) is 4. The van der Waals surface area contributed by atoms with Gasteiger partial charge in [-0.05, 0) is 36.2 Å². The number of aliphatic hydroxyl groups is 1. The molecule has 1 unspecified atom stereocenters. The second-order valence-electron chi connectivity index (χ2n) is 5.93. The van der Waals surface area contributed by atoms with Crippen molar-refractivity contribution >= 4 is 33.8 Å². The van der Waals surface area contributed by atoms with Crippen LogP contribution in [0.4, 0.5) is 0 Å². The minimum atomic E-state index is -0.313. The number of amides is 1. The number of aliphatic hydroxyl groups excluding tert-OH is 1. The molecule has 1 atom stereocenters. The summed E-state index contributed by atoms with van der Waals surface area (Å²) in [5.74, 6) is -0.222. The Morgan fingerprint density at radius 2 is 1.92 bits per heavy atom. The number of halogens is 1. The summed E-state index contributed by atoms with van der Waals surface area (Å²) < 4.78 is 0.881. The molecule has 1 aromatic heterocycles. The molecule has 5 nitrogen and oxygen atoms in total. The highest BCUT2D eigenvalue weighted by Crippen LogP contribution is 2.28.